The molecule has 0 saturated carbocycles. The van der Waals surface area contributed by atoms with Crippen molar-refractivity contribution in [2.75, 3.05) is 11.9 Å². The monoisotopic (exact) mass is 607 g/mol. The molecule has 41 heavy (non-hydrogen) atoms. The fourth-order valence-electron chi connectivity index (χ4n) is 4.10. The number of pyridine rings is 1. The zero-order valence-corrected chi connectivity index (χ0v) is 22.2. The molecule has 0 aliphatic rings. The number of aromatic amines is 1. The number of hydrogen-bond acceptors (Lipinski definition) is 7. The summed E-state index contributed by atoms with van der Waals surface area (Å²) in [5.74, 6) is -5.01. The molecule has 0 fully saturated rings. The molecule has 0 amide bonds. The number of rotatable bonds is 8. The lowest BCUT2D eigenvalue weighted by Crippen LogP contribution is -2.43. The van der Waals surface area contributed by atoms with Crippen LogP contribution in [-0.4, -0.2) is 40.6 Å². The van der Waals surface area contributed by atoms with Crippen molar-refractivity contribution >= 4 is 45.7 Å². The summed E-state index contributed by atoms with van der Waals surface area (Å²) in [6, 6.07) is 5.72. The fraction of sp³-hybridized carbons (Fsp3) is 0.160. The Kier molecular flexibility index (Phi) is 7.71. The molecule has 11 nitrogen and oxygen atoms in total. The summed E-state index contributed by atoms with van der Waals surface area (Å²) in [6.45, 7) is -0.994. The lowest BCUT2D eigenvalue weighted by atomic mass is 10.2. The van der Waals surface area contributed by atoms with Gasteiger partial charge in [-0.15, -0.1) is 0 Å². The molecule has 2 aromatic carbocycles. The molecule has 0 bridgehead atoms. The molecule has 3 heterocycles. The van der Waals surface area contributed by atoms with Crippen LogP contribution in [0.5, 0.6) is 0 Å². The Morgan fingerprint density at radius 2 is 1.71 bits per heavy atom. The topological polar surface area (TPSA) is 140 Å². The molecule has 212 valence electrons. The van der Waals surface area contributed by atoms with Crippen LogP contribution in [0.1, 0.15) is 11.1 Å². The van der Waals surface area contributed by atoms with Gasteiger partial charge in [-0.3, -0.25) is 14.0 Å². The molecule has 5 rings (SSSR count). The van der Waals surface area contributed by atoms with Crippen molar-refractivity contribution in [3.05, 3.63) is 113 Å². The molecule has 16 heteroatoms. The zero-order chi connectivity index (χ0) is 29.4. The summed E-state index contributed by atoms with van der Waals surface area (Å²) in [5, 5.41) is 17.1. The van der Waals surface area contributed by atoms with Gasteiger partial charge in [-0.2, -0.15) is 10.1 Å². The van der Waals surface area contributed by atoms with Gasteiger partial charge in [0.05, 0.1) is 47.5 Å². The number of H-pyrrole nitrogens is 1. The van der Waals surface area contributed by atoms with E-state index in [1.807, 2.05) is 0 Å². The molecule has 5 aromatic rings. The van der Waals surface area contributed by atoms with Gasteiger partial charge in [-0.25, -0.2) is 27.3 Å². The van der Waals surface area contributed by atoms with E-state index in [-0.39, 0.29) is 46.0 Å². The van der Waals surface area contributed by atoms with E-state index >= 15 is 0 Å². The largest absolute Gasteiger partial charge is 0.394 e. The van der Waals surface area contributed by atoms with Crippen LogP contribution in [0.15, 0.2) is 57.1 Å². The Balaban J connectivity index is 1.64. The van der Waals surface area contributed by atoms with E-state index in [9.17, 15) is 32.7 Å². The third-order valence-electron chi connectivity index (χ3n) is 6.02. The highest BCUT2D eigenvalue weighted by atomic mass is 35.5. The average molecular weight is 608 g/mol. The van der Waals surface area contributed by atoms with Gasteiger partial charge in [-0.05, 0) is 35.9 Å². The smallest absolute Gasteiger partial charge is 0.355 e. The quantitative estimate of drug-likeness (QED) is 0.230. The number of anilines is 2. The van der Waals surface area contributed by atoms with Crippen molar-refractivity contribution in [2.45, 2.75) is 19.6 Å². The molecular formula is C25H18Cl2F3N7O4. The van der Waals surface area contributed by atoms with Gasteiger partial charge in [0.25, 0.3) is 5.56 Å². The van der Waals surface area contributed by atoms with Gasteiger partial charge < -0.3 is 15.4 Å². The lowest BCUT2D eigenvalue weighted by Gasteiger charge is -2.16. The van der Waals surface area contributed by atoms with Gasteiger partial charge in [-0.1, -0.05) is 23.2 Å². The second-order valence-electron chi connectivity index (χ2n) is 8.85. The number of aliphatic hydroxyl groups is 1. The molecule has 0 aliphatic heterocycles. The Bertz CT molecular complexity index is 1960. The van der Waals surface area contributed by atoms with Gasteiger partial charge in [0.1, 0.15) is 0 Å². The predicted octanol–water partition coefficient (Wildman–Crippen LogP) is 3.00. The Morgan fingerprint density at radius 3 is 2.41 bits per heavy atom. The summed E-state index contributed by atoms with van der Waals surface area (Å²) < 4.78 is 44.5. The maximum atomic E-state index is 14.0. The van der Waals surface area contributed by atoms with Crippen molar-refractivity contribution in [3.8, 4) is 0 Å². The molecular weight excluding hydrogens is 590 g/mol. The van der Waals surface area contributed by atoms with E-state index in [4.69, 9.17) is 23.2 Å². The Morgan fingerprint density at radius 1 is 0.976 bits per heavy atom. The van der Waals surface area contributed by atoms with Crippen LogP contribution < -0.4 is 22.3 Å². The van der Waals surface area contributed by atoms with Crippen LogP contribution in [0, 0.1) is 17.5 Å². The van der Waals surface area contributed by atoms with Crippen LogP contribution in [0.25, 0.3) is 10.9 Å². The van der Waals surface area contributed by atoms with Crippen LogP contribution in [0.3, 0.4) is 0 Å². The number of nitrogens with zero attached hydrogens (tertiary/aromatic N) is 5. The number of aromatic nitrogens is 6. The van der Waals surface area contributed by atoms with Crippen molar-refractivity contribution in [1.82, 2.24) is 28.9 Å². The third-order valence-corrected chi connectivity index (χ3v) is 6.55. The summed E-state index contributed by atoms with van der Waals surface area (Å²) >= 11 is 12.3. The van der Waals surface area contributed by atoms with E-state index in [1.54, 1.807) is 12.3 Å². The van der Waals surface area contributed by atoms with Crippen LogP contribution >= 0.6 is 23.2 Å². The highest BCUT2D eigenvalue weighted by Gasteiger charge is 2.19. The third kappa shape index (κ3) is 5.75. The number of halogens is 5. The van der Waals surface area contributed by atoms with E-state index in [0.29, 0.717) is 27.6 Å². The van der Waals surface area contributed by atoms with Crippen molar-refractivity contribution in [2.24, 2.45) is 0 Å². The first-order valence-corrected chi connectivity index (χ1v) is 12.6. The second kappa shape index (κ2) is 11.2. The molecule has 0 saturated heterocycles. The minimum absolute atomic E-state index is 0.0296. The fourth-order valence-corrected chi connectivity index (χ4v) is 4.50. The normalized spacial score (nSPS) is 11.4. The predicted molar refractivity (Wildman–Crippen MR) is 144 cm³/mol. The zero-order valence-electron chi connectivity index (χ0n) is 20.7. The van der Waals surface area contributed by atoms with Gasteiger partial charge in [0.15, 0.2) is 17.5 Å². The lowest BCUT2D eigenvalue weighted by molar-refractivity contribution is 0.270. The summed E-state index contributed by atoms with van der Waals surface area (Å²) in [6.07, 6.45) is 2.86. The minimum Gasteiger partial charge on any atom is -0.394 e. The van der Waals surface area contributed by atoms with Gasteiger partial charge >= 0.3 is 11.4 Å². The van der Waals surface area contributed by atoms with Crippen molar-refractivity contribution in [3.63, 3.8) is 0 Å². The van der Waals surface area contributed by atoms with E-state index in [1.165, 1.54) is 23.0 Å². The Labute approximate surface area is 237 Å². The van der Waals surface area contributed by atoms with Crippen molar-refractivity contribution < 1.29 is 18.3 Å². The maximum Gasteiger partial charge on any atom is 0.355 e. The molecule has 0 aliphatic carbocycles. The number of nitrogens with one attached hydrogen (secondary N) is 2. The van der Waals surface area contributed by atoms with Crippen LogP contribution in [-0.2, 0) is 19.6 Å². The summed E-state index contributed by atoms with van der Waals surface area (Å²) in [7, 11) is 0. The molecule has 3 aromatic heterocycles. The SMILES string of the molecule is O=c1[nH]cc(Cl)cc1Cn1c(=O)nc(Nc2cc3cn(CCO)nc3cc2Cl)n(Cc2cc(F)c(F)c(F)c2)c1=O. The van der Waals surface area contributed by atoms with Crippen molar-refractivity contribution in [1.29, 1.82) is 0 Å². The summed E-state index contributed by atoms with van der Waals surface area (Å²) in [5.41, 5.74) is -2.17. The standard InChI is InChI=1S/C25H18Cl2F3N7O4/c26-15-5-14(22(39)31-8-15)11-37-24(40)33-23(36(25(37)41)9-12-3-17(28)21(30)18(29)4-12)32-20-6-13-10-35(1-2-38)34-19(13)7-16(20)27/h3-8,10,38H,1-2,9,11H2,(H,31,39)(H,32,33,40). The first kappa shape index (κ1) is 28.1. The number of aliphatic hydroxyl groups excluding tert-OH is 1. The first-order chi connectivity index (χ1) is 19.5. The van der Waals surface area contributed by atoms with Crippen LogP contribution in [0.2, 0.25) is 10.0 Å². The number of benzene rings is 2. The number of hydrogen-bond donors (Lipinski definition) is 3. The van der Waals surface area contributed by atoms with Gasteiger partial charge in [0.2, 0.25) is 5.95 Å². The Hall–Kier alpha value is -4.40. The minimum atomic E-state index is -1.69. The van der Waals surface area contributed by atoms with E-state index < -0.39 is 47.5 Å². The molecule has 0 radical (unpaired) electrons. The highest BCUT2D eigenvalue weighted by molar-refractivity contribution is 6.34. The maximum absolute atomic E-state index is 14.0. The second-order valence-corrected chi connectivity index (χ2v) is 9.69. The molecule has 0 atom stereocenters. The van der Waals surface area contributed by atoms with Gasteiger partial charge in [0, 0.05) is 23.3 Å². The van der Waals surface area contributed by atoms with Crippen LogP contribution in [0.4, 0.5) is 24.8 Å². The molecule has 0 unspecified atom stereocenters. The molecule has 3 N–H and O–H groups in total. The van der Waals surface area contributed by atoms with E-state index in [0.717, 1.165) is 4.57 Å². The average Bonchev–Trinajstić information content (AvgIpc) is 3.30. The first-order valence-electron chi connectivity index (χ1n) is 11.8. The van der Waals surface area contributed by atoms with E-state index in [2.05, 4.69) is 20.4 Å². The molecule has 0 spiro atoms. The number of fused-ring (bicyclic) bond motifs is 1. The summed E-state index contributed by atoms with van der Waals surface area (Å²) in [4.78, 5) is 45.1. The highest BCUT2D eigenvalue weighted by Crippen LogP contribution is 2.29.